The van der Waals surface area contributed by atoms with Crippen LogP contribution in [0.25, 0.3) is 0 Å². The first-order chi connectivity index (χ1) is 13.7. The topological polar surface area (TPSA) is 47.6 Å². The lowest BCUT2D eigenvalue weighted by Crippen LogP contribution is -2.13. The van der Waals surface area contributed by atoms with E-state index < -0.39 is 0 Å². The largest absolute Gasteiger partial charge is 0.495 e. The molecule has 0 aliphatic heterocycles. The van der Waals surface area contributed by atoms with E-state index in [1.807, 2.05) is 61.5 Å². The van der Waals surface area contributed by atoms with Crippen molar-refractivity contribution in [1.82, 2.24) is 0 Å². The molecule has 3 aromatic carbocycles. The van der Waals surface area contributed by atoms with Crippen molar-refractivity contribution in [2.45, 2.75) is 17.6 Å². The van der Waals surface area contributed by atoms with Gasteiger partial charge in [-0.05, 0) is 49.4 Å². The van der Waals surface area contributed by atoms with Gasteiger partial charge < -0.3 is 14.8 Å². The van der Waals surface area contributed by atoms with Gasteiger partial charge in [0.25, 0.3) is 5.91 Å². The standard InChI is InChI=1S/C23H23NO3S/c1-3-27-21-14-13-17(15-18(21)16-28-19-9-5-4-6-10-19)23(25)24-20-11-7-8-12-22(20)26-2/h4-15H,3,16H2,1-2H3,(H,24,25). The first-order valence-electron chi connectivity index (χ1n) is 9.09. The Labute approximate surface area is 169 Å². The van der Waals surface area contributed by atoms with E-state index in [-0.39, 0.29) is 5.91 Å². The Kier molecular flexibility index (Phi) is 6.98. The second-order valence-corrected chi connectivity index (χ2v) is 7.06. The molecule has 0 spiro atoms. The van der Waals surface area contributed by atoms with Gasteiger partial charge in [0.15, 0.2) is 0 Å². The van der Waals surface area contributed by atoms with Gasteiger partial charge in [0.1, 0.15) is 11.5 Å². The molecule has 144 valence electrons. The molecular weight excluding hydrogens is 370 g/mol. The quantitative estimate of drug-likeness (QED) is 0.503. The number of thioether (sulfide) groups is 1. The highest BCUT2D eigenvalue weighted by Crippen LogP contribution is 2.30. The minimum atomic E-state index is -0.182. The van der Waals surface area contributed by atoms with Crippen LogP contribution in [0.2, 0.25) is 0 Å². The van der Waals surface area contributed by atoms with E-state index in [1.54, 1.807) is 24.9 Å². The minimum Gasteiger partial charge on any atom is -0.495 e. The van der Waals surface area contributed by atoms with Crippen molar-refractivity contribution in [3.8, 4) is 11.5 Å². The molecule has 0 unspecified atom stereocenters. The van der Waals surface area contributed by atoms with E-state index in [0.29, 0.717) is 23.6 Å². The molecule has 0 atom stereocenters. The number of methoxy groups -OCH3 is 1. The van der Waals surface area contributed by atoms with E-state index in [1.165, 1.54) is 4.90 Å². The molecule has 0 aliphatic rings. The molecule has 3 aromatic rings. The van der Waals surface area contributed by atoms with E-state index in [4.69, 9.17) is 9.47 Å². The first kappa shape index (κ1) is 19.8. The number of hydrogen-bond acceptors (Lipinski definition) is 4. The summed E-state index contributed by atoms with van der Waals surface area (Å²) in [6.07, 6.45) is 0. The Balaban J connectivity index is 1.80. The average Bonchev–Trinajstić information content (AvgIpc) is 2.74. The third kappa shape index (κ3) is 5.08. The van der Waals surface area contributed by atoms with Crippen LogP contribution < -0.4 is 14.8 Å². The van der Waals surface area contributed by atoms with Gasteiger partial charge in [-0.15, -0.1) is 11.8 Å². The Hall–Kier alpha value is -2.92. The van der Waals surface area contributed by atoms with Gasteiger partial charge in [-0.25, -0.2) is 0 Å². The number of amides is 1. The molecule has 0 aromatic heterocycles. The molecule has 28 heavy (non-hydrogen) atoms. The maximum atomic E-state index is 12.8. The van der Waals surface area contributed by atoms with Crippen molar-refractivity contribution in [2.24, 2.45) is 0 Å². The Morgan fingerprint density at radius 1 is 0.964 bits per heavy atom. The van der Waals surface area contributed by atoms with Crippen LogP contribution in [0.3, 0.4) is 0 Å². The van der Waals surface area contributed by atoms with Crippen molar-refractivity contribution in [3.63, 3.8) is 0 Å². The average molecular weight is 394 g/mol. The summed E-state index contributed by atoms with van der Waals surface area (Å²) in [6, 6.07) is 23.1. The molecule has 1 N–H and O–H groups in total. The van der Waals surface area contributed by atoms with Gasteiger partial charge in [0.2, 0.25) is 0 Å². The van der Waals surface area contributed by atoms with Crippen molar-refractivity contribution < 1.29 is 14.3 Å². The molecule has 3 rings (SSSR count). The van der Waals surface area contributed by atoms with Gasteiger partial charge in [-0.1, -0.05) is 30.3 Å². The van der Waals surface area contributed by atoms with Crippen molar-refractivity contribution >= 4 is 23.4 Å². The maximum absolute atomic E-state index is 12.8. The van der Waals surface area contributed by atoms with Gasteiger partial charge in [0, 0.05) is 21.8 Å². The summed E-state index contributed by atoms with van der Waals surface area (Å²) >= 11 is 1.71. The monoisotopic (exact) mass is 393 g/mol. The van der Waals surface area contributed by atoms with E-state index in [2.05, 4.69) is 17.4 Å². The van der Waals surface area contributed by atoms with Crippen LogP contribution in [0.15, 0.2) is 77.7 Å². The van der Waals surface area contributed by atoms with E-state index >= 15 is 0 Å². The number of hydrogen-bond donors (Lipinski definition) is 1. The van der Waals surface area contributed by atoms with E-state index in [9.17, 15) is 4.79 Å². The molecular formula is C23H23NO3S. The number of ether oxygens (including phenoxy) is 2. The van der Waals surface area contributed by atoms with Crippen LogP contribution in [0.4, 0.5) is 5.69 Å². The highest BCUT2D eigenvalue weighted by molar-refractivity contribution is 7.98. The van der Waals surface area contributed by atoms with Crippen LogP contribution >= 0.6 is 11.8 Å². The minimum absolute atomic E-state index is 0.182. The van der Waals surface area contributed by atoms with Gasteiger partial charge in [0.05, 0.1) is 19.4 Å². The molecule has 0 fully saturated rings. The summed E-state index contributed by atoms with van der Waals surface area (Å²) in [5.74, 6) is 1.97. The zero-order valence-corrected chi connectivity index (χ0v) is 16.8. The number of benzene rings is 3. The number of para-hydroxylation sites is 2. The van der Waals surface area contributed by atoms with Crippen LogP contribution in [-0.2, 0) is 5.75 Å². The fraction of sp³-hybridized carbons (Fsp3) is 0.174. The molecule has 1 amide bonds. The summed E-state index contributed by atoms with van der Waals surface area (Å²) in [6.45, 7) is 2.53. The third-order valence-electron chi connectivity index (χ3n) is 4.12. The third-order valence-corrected chi connectivity index (χ3v) is 5.18. The molecule has 5 heteroatoms. The highest BCUT2D eigenvalue weighted by Gasteiger charge is 2.13. The molecule has 4 nitrogen and oxygen atoms in total. The van der Waals surface area contributed by atoms with Crippen LogP contribution in [0, 0.1) is 0 Å². The van der Waals surface area contributed by atoms with Crippen LogP contribution in [0.1, 0.15) is 22.8 Å². The fourth-order valence-corrected chi connectivity index (χ4v) is 3.65. The van der Waals surface area contributed by atoms with E-state index in [0.717, 1.165) is 17.1 Å². The lowest BCUT2D eigenvalue weighted by molar-refractivity contribution is 0.102. The maximum Gasteiger partial charge on any atom is 0.255 e. The summed E-state index contributed by atoms with van der Waals surface area (Å²) in [4.78, 5) is 13.9. The Morgan fingerprint density at radius 3 is 2.46 bits per heavy atom. The number of carbonyl (C=O) groups excluding carboxylic acids is 1. The van der Waals surface area contributed by atoms with Crippen LogP contribution in [-0.4, -0.2) is 19.6 Å². The molecule has 0 heterocycles. The molecule has 0 bridgehead atoms. The lowest BCUT2D eigenvalue weighted by Gasteiger charge is -2.13. The number of anilines is 1. The molecule has 0 radical (unpaired) electrons. The zero-order chi connectivity index (χ0) is 19.8. The van der Waals surface area contributed by atoms with Gasteiger partial charge >= 0.3 is 0 Å². The van der Waals surface area contributed by atoms with Crippen molar-refractivity contribution in [3.05, 3.63) is 83.9 Å². The highest BCUT2D eigenvalue weighted by atomic mass is 32.2. The number of rotatable bonds is 8. The first-order valence-corrected chi connectivity index (χ1v) is 10.1. The Morgan fingerprint density at radius 2 is 1.71 bits per heavy atom. The molecule has 0 aliphatic carbocycles. The van der Waals surface area contributed by atoms with Gasteiger partial charge in [-0.2, -0.15) is 0 Å². The predicted molar refractivity (Wildman–Crippen MR) is 115 cm³/mol. The fourth-order valence-electron chi connectivity index (χ4n) is 2.75. The second kappa shape index (κ2) is 9.85. The lowest BCUT2D eigenvalue weighted by atomic mass is 10.1. The zero-order valence-electron chi connectivity index (χ0n) is 16.0. The van der Waals surface area contributed by atoms with Crippen molar-refractivity contribution in [2.75, 3.05) is 19.0 Å². The SMILES string of the molecule is CCOc1ccc(C(=O)Nc2ccccc2OC)cc1CSc1ccccc1. The van der Waals surface area contributed by atoms with Crippen LogP contribution in [0.5, 0.6) is 11.5 Å². The second-order valence-electron chi connectivity index (χ2n) is 6.01. The molecule has 0 saturated heterocycles. The number of carbonyl (C=O) groups is 1. The van der Waals surface area contributed by atoms with Gasteiger partial charge in [-0.3, -0.25) is 4.79 Å². The normalized spacial score (nSPS) is 10.4. The molecule has 0 saturated carbocycles. The summed E-state index contributed by atoms with van der Waals surface area (Å²) < 4.78 is 11.1. The Bertz CT molecular complexity index is 928. The summed E-state index contributed by atoms with van der Waals surface area (Å²) in [7, 11) is 1.58. The predicted octanol–water partition coefficient (Wildman–Crippen LogP) is 5.64. The van der Waals surface area contributed by atoms with Crippen molar-refractivity contribution in [1.29, 1.82) is 0 Å². The number of nitrogens with one attached hydrogen (secondary N) is 1. The summed E-state index contributed by atoms with van der Waals surface area (Å²) in [5, 5.41) is 2.92. The summed E-state index contributed by atoms with van der Waals surface area (Å²) in [5.41, 5.74) is 2.21. The smallest absolute Gasteiger partial charge is 0.255 e.